The number of benzene rings is 1. The van der Waals surface area contributed by atoms with Crippen molar-refractivity contribution in [2.45, 2.75) is 24.9 Å². The van der Waals surface area contributed by atoms with Gasteiger partial charge < -0.3 is 4.57 Å². The second kappa shape index (κ2) is 5.71. The fourth-order valence-corrected chi connectivity index (χ4v) is 2.69. The van der Waals surface area contributed by atoms with Gasteiger partial charge in [0, 0.05) is 29.8 Å². The first-order chi connectivity index (χ1) is 9.31. The van der Waals surface area contributed by atoms with Crippen molar-refractivity contribution in [2.24, 2.45) is 0 Å². The van der Waals surface area contributed by atoms with E-state index in [1.54, 1.807) is 10.6 Å². The summed E-state index contributed by atoms with van der Waals surface area (Å²) < 4.78 is 37.3. The Morgan fingerprint density at radius 3 is 2.65 bits per heavy atom. The van der Waals surface area contributed by atoms with E-state index in [9.17, 15) is 12.8 Å². The lowest BCUT2D eigenvalue weighted by atomic mass is 10.2. The third kappa shape index (κ3) is 3.31. The zero-order valence-corrected chi connectivity index (χ0v) is 12.8. The molecule has 2 rings (SSSR count). The van der Waals surface area contributed by atoms with Crippen molar-refractivity contribution in [1.29, 1.82) is 0 Å². The highest BCUT2D eigenvalue weighted by atomic mass is 35.7. The molecule has 1 heterocycles. The maximum atomic E-state index is 13.1. The summed E-state index contributed by atoms with van der Waals surface area (Å²) in [6, 6.07) is 4.33. The summed E-state index contributed by atoms with van der Waals surface area (Å²) in [7, 11) is 1.41. The molecular weight excluding hydrogens is 326 g/mol. The minimum absolute atomic E-state index is 0.0193. The monoisotopic (exact) mass is 336 g/mol. The zero-order valence-electron chi connectivity index (χ0n) is 10.5. The van der Waals surface area contributed by atoms with Gasteiger partial charge in [0.1, 0.15) is 11.6 Å². The van der Waals surface area contributed by atoms with Crippen molar-refractivity contribution in [1.82, 2.24) is 9.55 Å². The van der Waals surface area contributed by atoms with E-state index in [1.807, 2.05) is 6.92 Å². The molecule has 2 aromatic rings. The molecule has 0 radical (unpaired) electrons. The summed E-state index contributed by atoms with van der Waals surface area (Å²) >= 11 is 5.71. The summed E-state index contributed by atoms with van der Waals surface area (Å²) in [4.78, 5) is 3.97. The number of hydrogen-bond donors (Lipinski definition) is 0. The first kappa shape index (κ1) is 15.3. The average Bonchev–Trinajstić information content (AvgIpc) is 2.77. The number of hydrogen-bond acceptors (Lipinski definition) is 3. The Bertz CT molecular complexity index is 744. The first-order valence-corrected chi connectivity index (χ1v) is 8.44. The smallest absolute Gasteiger partial charge is 0.280 e. The third-order valence-corrected chi connectivity index (χ3v) is 4.20. The Labute approximate surface area is 125 Å². The van der Waals surface area contributed by atoms with E-state index < -0.39 is 14.9 Å². The molecule has 0 aliphatic rings. The molecule has 0 unspecified atom stereocenters. The fourth-order valence-electron chi connectivity index (χ4n) is 1.80. The van der Waals surface area contributed by atoms with Crippen LogP contribution in [0.4, 0.5) is 4.39 Å². The maximum Gasteiger partial charge on any atom is 0.280 e. The molecule has 0 aliphatic heterocycles. The highest BCUT2D eigenvalue weighted by Crippen LogP contribution is 2.19. The van der Waals surface area contributed by atoms with E-state index in [2.05, 4.69) is 4.98 Å². The van der Waals surface area contributed by atoms with Crippen LogP contribution in [0.3, 0.4) is 0 Å². The molecule has 0 saturated heterocycles. The molecule has 0 fully saturated rings. The second-order valence-corrected chi connectivity index (χ2v) is 7.08. The van der Waals surface area contributed by atoms with Gasteiger partial charge >= 0.3 is 0 Å². The topological polar surface area (TPSA) is 52.0 Å². The van der Waals surface area contributed by atoms with Crippen molar-refractivity contribution in [3.8, 4) is 0 Å². The van der Waals surface area contributed by atoms with Crippen LogP contribution in [0.5, 0.6) is 0 Å². The van der Waals surface area contributed by atoms with Crippen LogP contribution in [-0.2, 0) is 22.0 Å². The molecular formula is C12H11Cl2FN2O2S. The molecule has 1 aromatic carbocycles. The Morgan fingerprint density at radius 2 is 2.10 bits per heavy atom. The molecule has 8 heteroatoms. The molecule has 1 aromatic heterocycles. The van der Waals surface area contributed by atoms with Crippen LogP contribution in [0.25, 0.3) is 0 Å². The van der Waals surface area contributed by atoms with Crippen LogP contribution in [0.2, 0.25) is 5.02 Å². The van der Waals surface area contributed by atoms with Crippen LogP contribution >= 0.6 is 22.3 Å². The minimum Gasteiger partial charge on any atom is -0.329 e. The van der Waals surface area contributed by atoms with Gasteiger partial charge in [-0.2, -0.15) is 0 Å². The van der Waals surface area contributed by atoms with Gasteiger partial charge in [-0.05, 0) is 17.7 Å². The van der Waals surface area contributed by atoms with E-state index in [-0.39, 0.29) is 10.0 Å². The summed E-state index contributed by atoms with van der Waals surface area (Å²) in [6.45, 7) is 2.18. The normalized spacial score (nSPS) is 11.8. The predicted octanol–water partition coefficient (Wildman–Crippen LogP) is 3.21. The molecule has 0 atom stereocenters. The number of imidazole rings is 1. The van der Waals surface area contributed by atoms with Crippen molar-refractivity contribution >= 4 is 31.3 Å². The highest BCUT2D eigenvalue weighted by Gasteiger charge is 2.17. The molecule has 0 aliphatic carbocycles. The van der Waals surface area contributed by atoms with Gasteiger partial charge in [-0.25, -0.2) is 17.8 Å². The van der Waals surface area contributed by atoms with Crippen LogP contribution in [0.15, 0.2) is 29.4 Å². The van der Waals surface area contributed by atoms with Gasteiger partial charge in [0.15, 0.2) is 5.03 Å². The van der Waals surface area contributed by atoms with Gasteiger partial charge in [0.2, 0.25) is 0 Å². The van der Waals surface area contributed by atoms with Gasteiger partial charge in [0.05, 0.1) is 5.02 Å². The van der Waals surface area contributed by atoms with Crippen LogP contribution in [0.1, 0.15) is 18.3 Å². The van der Waals surface area contributed by atoms with Crippen LogP contribution in [-0.4, -0.2) is 18.0 Å². The van der Waals surface area contributed by atoms with E-state index in [1.165, 1.54) is 18.3 Å². The first-order valence-electron chi connectivity index (χ1n) is 5.76. The van der Waals surface area contributed by atoms with Crippen LogP contribution in [0, 0.1) is 5.82 Å². The van der Waals surface area contributed by atoms with Crippen molar-refractivity contribution in [2.75, 3.05) is 0 Å². The summed E-state index contributed by atoms with van der Waals surface area (Å²) in [6.07, 6.45) is 1.90. The number of nitrogens with zero attached hydrogens (tertiary/aromatic N) is 2. The molecule has 0 bridgehead atoms. The van der Waals surface area contributed by atoms with Crippen molar-refractivity contribution < 1.29 is 12.8 Å². The molecule has 20 heavy (non-hydrogen) atoms. The summed E-state index contributed by atoms with van der Waals surface area (Å²) in [5, 5.41) is -0.171. The van der Waals surface area contributed by atoms with Gasteiger partial charge in [0.25, 0.3) is 9.05 Å². The second-order valence-electron chi connectivity index (χ2n) is 4.16. The molecule has 0 amide bonds. The predicted molar refractivity (Wildman–Crippen MR) is 75.2 cm³/mol. The number of rotatable bonds is 4. The summed E-state index contributed by atoms with van der Waals surface area (Å²) in [5.74, 6) is 0.0745. The van der Waals surface area contributed by atoms with Gasteiger partial charge in [-0.15, -0.1) is 0 Å². The quantitative estimate of drug-likeness (QED) is 0.805. The standard InChI is InChI=1S/C12H11Cl2FN2O2S/c1-2-11-16-12(20(14,18)19)7-17(11)6-8-3-4-10(15)9(13)5-8/h3-5,7H,2,6H2,1H3. The Kier molecular flexibility index (Phi) is 4.36. The van der Waals surface area contributed by atoms with Gasteiger partial charge in [-0.1, -0.05) is 24.6 Å². The number of aromatic nitrogens is 2. The maximum absolute atomic E-state index is 13.1. The van der Waals surface area contributed by atoms with Crippen LogP contribution < -0.4 is 0 Å². The third-order valence-electron chi connectivity index (χ3n) is 2.74. The molecule has 4 nitrogen and oxygen atoms in total. The lowest BCUT2D eigenvalue weighted by molar-refractivity contribution is 0.606. The number of aryl methyl sites for hydroxylation is 1. The lowest BCUT2D eigenvalue weighted by Gasteiger charge is -2.07. The SMILES string of the molecule is CCc1nc(S(=O)(=O)Cl)cn1Cc1ccc(F)c(Cl)c1. The van der Waals surface area contributed by atoms with E-state index >= 15 is 0 Å². The van der Waals surface area contributed by atoms with E-state index in [4.69, 9.17) is 22.3 Å². The minimum atomic E-state index is -3.87. The zero-order chi connectivity index (χ0) is 14.9. The molecule has 108 valence electrons. The molecule has 0 spiro atoms. The molecule has 0 N–H and O–H groups in total. The largest absolute Gasteiger partial charge is 0.329 e. The highest BCUT2D eigenvalue weighted by molar-refractivity contribution is 8.13. The van der Waals surface area contributed by atoms with E-state index in [0.717, 1.165) is 5.56 Å². The number of halogens is 3. The van der Waals surface area contributed by atoms with Gasteiger partial charge in [-0.3, -0.25) is 0 Å². The van der Waals surface area contributed by atoms with E-state index in [0.29, 0.717) is 18.8 Å². The Hall–Kier alpha value is -1.11. The lowest BCUT2D eigenvalue weighted by Crippen LogP contribution is -2.03. The fraction of sp³-hybridized carbons (Fsp3) is 0.250. The average molecular weight is 337 g/mol. The van der Waals surface area contributed by atoms with Crippen molar-refractivity contribution in [3.63, 3.8) is 0 Å². The van der Waals surface area contributed by atoms with Crippen molar-refractivity contribution in [3.05, 3.63) is 46.6 Å². The summed E-state index contributed by atoms with van der Waals surface area (Å²) in [5.41, 5.74) is 0.738. The Balaban J connectivity index is 2.37. The molecule has 0 saturated carbocycles. The Morgan fingerprint density at radius 1 is 1.40 bits per heavy atom.